The lowest BCUT2D eigenvalue weighted by molar-refractivity contribution is 0.171. The molecule has 1 saturated carbocycles. The van der Waals surface area contributed by atoms with Crippen molar-refractivity contribution in [1.29, 1.82) is 0 Å². The van der Waals surface area contributed by atoms with Gasteiger partial charge in [0.25, 0.3) is 0 Å². The number of aromatic nitrogens is 4. The quantitative estimate of drug-likeness (QED) is 0.743. The second-order valence-corrected chi connectivity index (χ2v) is 6.99. The normalized spacial score (nSPS) is 16.0. The highest BCUT2D eigenvalue weighted by molar-refractivity contribution is 6.32. The van der Waals surface area contributed by atoms with Crippen LogP contribution < -0.4 is 14.8 Å². The third-order valence-electron chi connectivity index (χ3n) is 4.66. The Morgan fingerprint density at radius 3 is 2.96 bits per heavy atom. The summed E-state index contributed by atoms with van der Waals surface area (Å²) in [5.74, 6) is 3.67. The van der Waals surface area contributed by atoms with Crippen LogP contribution in [0.2, 0.25) is 5.02 Å². The first-order valence-corrected chi connectivity index (χ1v) is 9.19. The number of hydrogen-bond acceptors (Lipinski definition) is 6. The predicted octanol–water partition coefficient (Wildman–Crippen LogP) is 3.08. The summed E-state index contributed by atoms with van der Waals surface area (Å²) in [6.45, 7) is 1.78. The molecule has 26 heavy (non-hydrogen) atoms. The lowest BCUT2D eigenvalue weighted by Gasteiger charge is -2.20. The van der Waals surface area contributed by atoms with Gasteiger partial charge in [-0.05, 0) is 37.0 Å². The highest BCUT2D eigenvalue weighted by Crippen LogP contribution is 2.39. The number of ether oxygens (including phenoxy) is 2. The SMILES string of the molecule is Clc1cc(CCNc2nccn3c(C4CC4)nnc23)cc2c1OCCO2. The van der Waals surface area contributed by atoms with Crippen molar-refractivity contribution in [2.24, 2.45) is 0 Å². The van der Waals surface area contributed by atoms with Crippen molar-refractivity contribution in [3.63, 3.8) is 0 Å². The van der Waals surface area contributed by atoms with E-state index in [1.54, 1.807) is 6.20 Å². The fourth-order valence-corrected chi connectivity index (χ4v) is 3.51. The Bertz CT molecular complexity index is 970. The van der Waals surface area contributed by atoms with Crippen molar-refractivity contribution in [2.45, 2.75) is 25.2 Å². The second-order valence-electron chi connectivity index (χ2n) is 6.58. The summed E-state index contributed by atoms with van der Waals surface area (Å²) in [6.07, 6.45) is 6.87. The molecule has 3 aromatic rings. The van der Waals surface area contributed by atoms with Gasteiger partial charge < -0.3 is 14.8 Å². The van der Waals surface area contributed by atoms with Gasteiger partial charge in [0.2, 0.25) is 5.65 Å². The van der Waals surface area contributed by atoms with E-state index in [4.69, 9.17) is 21.1 Å². The lowest BCUT2D eigenvalue weighted by Crippen LogP contribution is -2.16. The molecule has 5 rings (SSSR count). The van der Waals surface area contributed by atoms with Gasteiger partial charge in [-0.15, -0.1) is 10.2 Å². The van der Waals surface area contributed by atoms with E-state index >= 15 is 0 Å². The summed E-state index contributed by atoms with van der Waals surface area (Å²) in [5.41, 5.74) is 1.86. The van der Waals surface area contributed by atoms with Crippen LogP contribution >= 0.6 is 11.6 Å². The fraction of sp³-hybridized carbons (Fsp3) is 0.389. The molecule has 7 nitrogen and oxygen atoms in total. The summed E-state index contributed by atoms with van der Waals surface area (Å²) in [7, 11) is 0. The molecule has 134 valence electrons. The first kappa shape index (κ1) is 15.7. The van der Waals surface area contributed by atoms with E-state index < -0.39 is 0 Å². The monoisotopic (exact) mass is 371 g/mol. The predicted molar refractivity (Wildman–Crippen MR) is 97.4 cm³/mol. The van der Waals surface area contributed by atoms with Gasteiger partial charge in [0, 0.05) is 24.9 Å². The molecule has 0 unspecified atom stereocenters. The van der Waals surface area contributed by atoms with Crippen LogP contribution in [0.1, 0.15) is 30.1 Å². The minimum Gasteiger partial charge on any atom is -0.486 e. The zero-order valence-electron chi connectivity index (χ0n) is 14.1. The van der Waals surface area contributed by atoms with E-state index in [1.807, 2.05) is 22.7 Å². The minimum absolute atomic E-state index is 0.532. The van der Waals surface area contributed by atoms with Crippen LogP contribution in [-0.2, 0) is 6.42 Å². The smallest absolute Gasteiger partial charge is 0.203 e. The van der Waals surface area contributed by atoms with Gasteiger partial charge in [0.1, 0.15) is 19.0 Å². The molecular weight excluding hydrogens is 354 g/mol. The van der Waals surface area contributed by atoms with Crippen LogP contribution in [0.5, 0.6) is 11.5 Å². The number of halogens is 1. The second kappa shape index (κ2) is 6.32. The lowest BCUT2D eigenvalue weighted by atomic mass is 10.1. The fourth-order valence-electron chi connectivity index (χ4n) is 3.22. The maximum atomic E-state index is 6.30. The maximum Gasteiger partial charge on any atom is 0.203 e. The van der Waals surface area contributed by atoms with E-state index in [9.17, 15) is 0 Å². The summed E-state index contributed by atoms with van der Waals surface area (Å²) >= 11 is 6.30. The van der Waals surface area contributed by atoms with E-state index in [-0.39, 0.29) is 0 Å². The summed E-state index contributed by atoms with van der Waals surface area (Å²) in [6, 6.07) is 3.91. The molecule has 1 aliphatic carbocycles. The topological polar surface area (TPSA) is 73.6 Å². The van der Waals surface area contributed by atoms with Gasteiger partial charge in [-0.3, -0.25) is 4.40 Å². The number of benzene rings is 1. The first-order valence-electron chi connectivity index (χ1n) is 8.81. The Morgan fingerprint density at radius 1 is 1.19 bits per heavy atom. The third-order valence-corrected chi connectivity index (χ3v) is 4.94. The zero-order chi connectivity index (χ0) is 17.5. The van der Waals surface area contributed by atoms with Crippen LogP contribution in [0.15, 0.2) is 24.5 Å². The van der Waals surface area contributed by atoms with Gasteiger partial charge in [0.15, 0.2) is 17.3 Å². The molecule has 0 bridgehead atoms. The van der Waals surface area contributed by atoms with Crippen LogP contribution in [0.3, 0.4) is 0 Å². The van der Waals surface area contributed by atoms with E-state index in [2.05, 4.69) is 20.5 Å². The molecule has 1 aromatic carbocycles. The average Bonchev–Trinajstić information content (AvgIpc) is 3.41. The van der Waals surface area contributed by atoms with E-state index in [0.717, 1.165) is 29.3 Å². The largest absolute Gasteiger partial charge is 0.486 e. The van der Waals surface area contributed by atoms with Crippen LogP contribution in [0, 0.1) is 0 Å². The van der Waals surface area contributed by atoms with Crippen molar-refractivity contribution in [3.8, 4) is 11.5 Å². The van der Waals surface area contributed by atoms with Gasteiger partial charge in [-0.25, -0.2) is 4.98 Å². The molecule has 0 atom stereocenters. The number of hydrogen-bond donors (Lipinski definition) is 1. The molecule has 0 amide bonds. The number of fused-ring (bicyclic) bond motifs is 2. The summed E-state index contributed by atoms with van der Waals surface area (Å²) in [5, 5.41) is 12.6. The van der Waals surface area contributed by atoms with Gasteiger partial charge in [-0.2, -0.15) is 0 Å². The zero-order valence-corrected chi connectivity index (χ0v) is 14.9. The van der Waals surface area contributed by atoms with Crippen molar-refractivity contribution < 1.29 is 9.47 Å². The summed E-state index contributed by atoms with van der Waals surface area (Å²) in [4.78, 5) is 4.41. The maximum absolute atomic E-state index is 6.30. The Morgan fingerprint density at radius 2 is 2.08 bits per heavy atom. The molecule has 2 aromatic heterocycles. The van der Waals surface area contributed by atoms with Crippen molar-refractivity contribution >= 4 is 23.1 Å². The van der Waals surface area contributed by atoms with E-state index in [0.29, 0.717) is 42.2 Å². The molecule has 1 fully saturated rings. The summed E-state index contributed by atoms with van der Waals surface area (Å²) < 4.78 is 13.2. The minimum atomic E-state index is 0.532. The molecule has 1 N–H and O–H groups in total. The molecular formula is C18H18ClN5O2. The Balaban J connectivity index is 1.31. The van der Waals surface area contributed by atoms with Gasteiger partial charge in [-0.1, -0.05) is 11.6 Å². The van der Waals surface area contributed by atoms with Crippen molar-refractivity contribution in [1.82, 2.24) is 19.6 Å². The molecule has 8 heteroatoms. The Hall–Kier alpha value is -2.54. The average molecular weight is 372 g/mol. The number of nitrogens with zero attached hydrogens (tertiary/aromatic N) is 4. The molecule has 0 saturated heterocycles. The van der Waals surface area contributed by atoms with Gasteiger partial charge >= 0.3 is 0 Å². The van der Waals surface area contributed by atoms with Crippen LogP contribution in [0.25, 0.3) is 5.65 Å². The Kier molecular flexibility index (Phi) is 3.81. The third kappa shape index (κ3) is 2.82. The first-order chi connectivity index (χ1) is 12.8. The number of anilines is 1. The highest BCUT2D eigenvalue weighted by atomic mass is 35.5. The van der Waals surface area contributed by atoms with Crippen LogP contribution in [-0.4, -0.2) is 39.3 Å². The standard InChI is InChI=1S/C18H18ClN5O2/c19-13-9-11(10-14-15(13)26-8-7-25-14)3-4-20-16-18-23-22-17(12-1-2-12)24(18)6-5-21-16/h5-6,9-10,12H,1-4,7-8H2,(H,20,21). The van der Waals surface area contributed by atoms with Gasteiger partial charge in [0.05, 0.1) is 5.02 Å². The van der Waals surface area contributed by atoms with Crippen LogP contribution in [0.4, 0.5) is 5.82 Å². The molecule has 0 spiro atoms. The van der Waals surface area contributed by atoms with Crippen molar-refractivity contribution in [3.05, 3.63) is 40.9 Å². The molecule has 0 radical (unpaired) electrons. The highest BCUT2D eigenvalue weighted by Gasteiger charge is 2.29. The molecule has 1 aliphatic heterocycles. The number of rotatable bonds is 5. The molecule has 2 aliphatic rings. The number of nitrogens with one attached hydrogen (secondary N) is 1. The van der Waals surface area contributed by atoms with E-state index in [1.165, 1.54) is 12.8 Å². The van der Waals surface area contributed by atoms with Crippen molar-refractivity contribution in [2.75, 3.05) is 25.1 Å². The Labute approximate surface area is 155 Å². The molecule has 3 heterocycles.